The zero-order valence-corrected chi connectivity index (χ0v) is 13.0. The highest BCUT2D eigenvalue weighted by Crippen LogP contribution is 2.25. The number of nitrogens with one attached hydrogen (secondary N) is 1. The Morgan fingerprint density at radius 2 is 2.13 bits per heavy atom. The maximum atomic E-state index is 13.7. The van der Waals surface area contributed by atoms with Crippen molar-refractivity contribution in [2.24, 2.45) is 5.73 Å². The molecule has 6 heteroatoms. The Bertz CT molecular complexity index is 664. The van der Waals surface area contributed by atoms with Crippen LogP contribution in [0.3, 0.4) is 0 Å². The Morgan fingerprint density at radius 3 is 2.87 bits per heavy atom. The summed E-state index contributed by atoms with van der Waals surface area (Å²) in [5.74, 6) is -0.367. The van der Waals surface area contributed by atoms with Gasteiger partial charge in [-0.05, 0) is 24.6 Å². The van der Waals surface area contributed by atoms with Crippen LogP contribution in [0.2, 0.25) is 0 Å². The van der Waals surface area contributed by atoms with Crippen molar-refractivity contribution in [1.82, 2.24) is 10.3 Å². The first-order chi connectivity index (χ1) is 11.1. The van der Waals surface area contributed by atoms with E-state index in [2.05, 4.69) is 10.3 Å². The molecule has 0 aliphatic carbocycles. The van der Waals surface area contributed by atoms with Crippen molar-refractivity contribution in [3.63, 3.8) is 0 Å². The molecule has 5 nitrogen and oxygen atoms in total. The summed E-state index contributed by atoms with van der Waals surface area (Å²) in [6.07, 6.45) is 3.00. The minimum atomic E-state index is -0.535. The van der Waals surface area contributed by atoms with E-state index in [1.54, 1.807) is 30.5 Å². The second kappa shape index (κ2) is 8.24. The summed E-state index contributed by atoms with van der Waals surface area (Å²) in [6.45, 7) is 2.18. The lowest BCUT2D eigenvalue weighted by atomic mass is 10.1. The Balaban J connectivity index is 2.06. The van der Waals surface area contributed by atoms with Crippen molar-refractivity contribution in [3.8, 4) is 11.6 Å². The van der Waals surface area contributed by atoms with Gasteiger partial charge in [0.15, 0.2) is 11.6 Å². The molecule has 0 bridgehead atoms. The second-order valence-electron chi connectivity index (χ2n) is 5.11. The highest BCUT2D eigenvalue weighted by molar-refractivity contribution is 5.81. The molecule has 1 atom stereocenters. The number of carbonyl (C=O) groups is 1. The molecule has 0 spiro atoms. The van der Waals surface area contributed by atoms with E-state index in [9.17, 15) is 9.18 Å². The highest BCUT2D eigenvalue weighted by Gasteiger charge is 2.14. The molecule has 1 amide bonds. The Labute approximate surface area is 134 Å². The minimum absolute atomic E-state index is 0.0847. The molecule has 0 saturated carbocycles. The van der Waals surface area contributed by atoms with E-state index in [0.717, 1.165) is 6.42 Å². The zero-order valence-electron chi connectivity index (χ0n) is 13.0. The molecule has 23 heavy (non-hydrogen) atoms. The fourth-order valence-electron chi connectivity index (χ4n) is 2.04. The molecule has 2 aromatic rings. The molecule has 0 fully saturated rings. The number of para-hydroxylation sites is 1. The average molecular weight is 317 g/mol. The molecule has 3 N–H and O–H groups in total. The number of aromatic nitrogens is 1. The normalized spacial score (nSPS) is 11.8. The lowest BCUT2D eigenvalue weighted by Crippen LogP contribution is -2.40. The van der Waals surface area contributed by atoms with Gasteiger partial charge in [0.2, 0.25) is 11.8 Å². The number of pyridine rings is 1. The van der Waals surface area contributed by atoms with Crippen molar-refractivity contribution >= 4 is 5.91 Å². The first-order valence-electron chi connectivity index (χ1n) is 7.51. The van der Waals surface area contributed by atoms with Crippen LogP contribution in [-0.4, -0.2) is 16.9 Å². The molecule has 1 aromatic carbocycles. The van der Waals surface area contributed by atoms with Gasteiger partial charge in [-0.2, -0.15) is 0 Å². The summed E-state index contributed by atoms with van der Waals surface area (Å²) in [4.78, 5) is 16.0. The number of carbonyl (C=O) groups excluding carboxylic acids is 1. The van der Waals surface area contributed by atoms with E-state index in [0.29, 0.717) is 12.0 Å². The largest absolute Gasteiger partial charge is 0.436 e. The summed E-state index contributed by atoms with van der Waals surface area (Å²) >= 11 is 0. The third-order valence-electron chi connectivity index (χ3n) is 3.28. The molecular weight excluding hydrogens is 297 g/mol. The van der Waals surface area contributed by atoms with Gasteiger partial charge < -0.3 is 15.8 Å². The number of nitrogens with two attached hydrogens (primary N) is 1. The van der Waals surface area contributed by atoms with Gasteiger partial charge in [0.05, 0.1) is 6.04 Å². The van der Waals surface area contributed by atoms with E-state index in [1.165, 1.54) is 12.1 Å². The highest BCUT2D eigenvalue weighted by atomic mass is 19.1. The zero-order chi connectivity index (χ0) is 16.7. The monoisotopic (exact) mass is 317 g/mol. The number of hydrogen-bond donors (Lipinski definition) is 2. The van der Waals surface area contributed by atoms with Gasteiger partial charge in [-0.1, -0.05) is 31.5 Å². The number of halogens is 1. The lowest BCUT2D eigenvalue weighted by Gasteiger charge is -2.13. The maximum absolute atomic E-state index is 13.7. The number of amides is 1. The Kier molecular flexibility index (Phi) is 6.05. The smallest absolute Gasteiger partial charge is 0.237 e. The SMILES string of the molecule is CCC[C@H](N)C(=O)NCc1cccnc1Oc1ccccc1F. The van der Waals surface area contributed by atoms with Crippen molar-refractivity contribution < 1.29 is 13.9 Å². The number of ether oxygens (including phenoxy) is 1. The van der Waals surface area contributed by atoms with E-state index >= 15 is 0 Å². The first-order valence-corrected chi connectivity index (χ1v) is 7.51. The van der Waals surface area contributed by atoms with E-state index < -0.39 is 11.9 Å². The van der Waals surface area contributed by atoms with Crippen LogP contribution in [0.1, 0.15) is 25.3 Å². The summed E-state index contributed by atoms with van der Waals surface area (Å²) in [7, 11) is 0. The van der Waals surface area contributed by atoms with Gasteiger partial charge in [-0.25, -0.2) is 9.37 Å². The molecule has 0 saturated heterocycles. The van der Waals surface area contributed by atoms with Crippen LogP contribution >= 0.6 is 0 Å². The third-order valence-corrected chi connectivity index (χ3v) is 3.28. The predicted molar refractivity (Wildman–Crippen MR) is 85.4 cm³/mol. The second-order valence-corrected chi connectivity index (χ2v) is 5.11. The van der Waals surface area contributed by atoms with E-state index in [1.807, 2.05) is 6.92 Å². The number of benzene rings is 1. The Morgan fingerprint density at radius 1 is 1.35 bits per heavy atom. The molecule has 2 rings (SSSR count). The standard InChI is InChI=1S/C17H20FN3O2/c1-2-6-14(19)16(22)21-11-12-7-5-10-20-17(12)23-15-9-4-3-8-13(15)18/h3-5,7-10,14H,2,6,11,19H2,1H3,(H,21,22)/t14-/m0/s1. The van der Waals surface area contributed by atoms with E-state index in [4.69, 9.17) is 10.5 Å². The fraction of sp³-hybridized carbons (Fsp3) is 0.294. The van der Waals surface area contributed by atoms with Crippen molar-refractivity contribution in [2.45, 2.75) is 32.4 Å². The molecule has 0 radical (unpaired) electrons. The predicted octanol–water partition coefficient (Wildman–Crippen LogP) is 2.76. The number of nitrogens with zero attached hydrogens (tertiary/aromatic N) is 1. The van der Waals surface area contributed by atoms with Gasteiger partial charge >= 0.3 is 0 Å². The first kappa shape index (κ1) is 16.9. The van der Waals surface area contributed by atoms with Gasteiger partial charge in [0.1, 0.15) is 0 Å². The van der Waals surface area contributed by atoms with Crippen LogP contribution in [-0.2, 0) is 11.3 Å². The Hall–Kier alpha value is -2.47. The van der Waals surface area contributed by atoms with Crippen LogP contribution < -0.4 is 15.8 Å². The van der Waals surface area contributed by atoms with E-state index in [-0.39, 0.29) is 24.1 Å². The van der Waals surface area contributed by atoms with Crippen LogP contribution in [0.15, 0.2) is 42.6 Å². The molecule has 0 unspecified atom stereocenters. The van der Waals surface area contributed by atoms with Gasteiger partial charge in [0, 0.05) is 18.3 Å². The molecule has 0 aliphatic heterocycles. The molecule has 122 valence electrons. The van der Waals surface area contributed by atoms with Gasteiger partial charge in [-0.3, -0.25) is 4.79 Å². The van der Waals surface area contributed by atoms with Crippen LogP contribution in [0.5, 0.6) is 11.6 Å². The molecule has 0 aliphatic rings. The molecular formula is C17H20FN3O2. The molecule has 1 heterocycles. The van der Waals surface area contributed by atoms with Crippen molar-refractivity contribution in [2.75, 3.05) is 0 Å². The third kappa shape index (κ3) is 4.75. The fourth-order valence-corrected chi connectivity index (χ4v) is 2.04. The van der Waals surface area contributed by atoms with Gasteiger partial charge in [0.25, 0.3) is 0 Å². The van der Waals surface area contributed by atoms with Gasteiger partial charge in [-0.15, -0.1) is 0 Å². The van der Waals surface area contributed by atoms with Crippen LogP contribution in [0.4, 0.5) is 4.39 Å². The quantitative estimate of drug-likeness (QED) is 0.823. The van der Waals surface area contributed by atoms with Crippen molar-refractivity contribution in [3.05, 3.63) is 54.0 Å². The minimum Gasteiger partial charge on any atom is -0.436 e. The van der Waals surface area contributed by atoms with Crippen molar-refractivity contribution in [1.29, 1.82) is 0 Å². The summed E-state index contributed by atoms with van der Waals surface area (Å²) in [5.41, 5.74) is 6.41. The molecule has 1 aromatic heterocycles. The summed E-state index contributed by atoms with van der Waals surface area (Å²) in [6, 6.07) is 9.03. The maximum Gasteiger partial charge on any atom is 0.237 e. The number of hydrogen-bond acceptors (Lipinski definition) is 4. The average Bonchev–Trinajstić information content (AvgIpc) is 2.56. The van der Waals surface area contributed by atoms with Crippen LogP contribution in [0.25, 0.3) is 0 Å². The topological polar surface area (TPSA) is 77.2 Å². The van der Waals surface area contributed by atoms with Crippen LogP contribution in [0, 0.1) is 5.82 Å². The summed E-state index contributed by atoms with van der Waals surface area (Å²) < 4.78 is 19.2. The lowest BCUT2D eigenvalue weighted by molar-refractivity contribution is -0.122. The number of rotatable bonds is 7. The summed E-state index contributed by atoms with van der Waals surface area (Å²) in [5, 5.41) is 2.75.